The fourth-order valence-corrected chi connectivity index (χ4v) is 2.52. The van der Waals surface area contributed by atoms with E-state index in [2.05, 4.69) is 15.0 Å². The van der Waals surface area contributed by atoms with Crippen LogP contribution in [0.25, 0.3) is 16.5 Å². The summed E-state index contributed by atoms with van der Waals surface area (Å²) in [5.74, 6) is 0.865. The van der Waals surface area contributed by atoms with Gasteiger partial charge < -0.3 is 10.7 Å². The molecule has 0 saturated heterocycles. The van der Waals surface area contributed by atoms with E-state index in [-0.39, 0.29) is 0 Å². The van der Waals surface area contributed by atoms with Crippen molar-refractivity contribution in [2.24, 2.45) is 5.73 Å². The van der Waals surface area contributed by atoms with Crippen molar-refractivity contribution in [1.29, 1.82) is 0 Å². The van der Waals surface area contributed by atoms with Crippen LogP contribution in [-0.4, -0.2) is 19.4 Å². The Kier molecular flexibility index (Phi) is 2.05. The largest absolute Gasteiger partial charge is 0.341 e. The Hall–Kier alpha value is -1.66. The number of nitrogens with zero attached hydrogens (tertiary/aromatic N) is 3. The molecule has 0 aliphatic carbocycles. The van der Waals surface area contributed by atoms with Gasteiger partial charge in [-0.1, -0.05) is 0 Å². The van der Waals surface area contributed by atoms with Gasteiger partial charge in [-0.15, -0.1) is 11.3 Å². The maximum absolute atomic E-state index is 5.57. The molecule has 3 aromatic heterocycles. The molecule has 82 valence electrons. The van der Waals surface area contributed by atoms with Crippen LogP contribution in [0, 0.1) is 6.92 Å². The monoisotopic (exact) mass is 233 g/mol. The second-order valence-corrected chi connectivity index (χ2v) is 4.46. The van der Waals surface area contributed by atoms with E-state index in [1.165, 1.54) is 0 Å². The van der Waals surface area contributed by atoms with Gasteiger partial charge in [0.15, 0.2) is 10.8 Å². The average molecular weight is 233 g/mol. The summed E-state index contributed by atoms with van der Waals surface area (Å²) in [6, 6.07) is 0. The van der Waals surface area contributed by atoms with E-state index in [0.717, 1.165) is 27.9 Å². The summed E-state index contributed by atoms with van der Waals surface area (Å²) in [6.45, 7) is 2.45. The van der Waals surface area contributed by atoms with Crippen LogP contribution < -0.4 is 5.73 Å². The first-order valence-electron chi connectivity index (χ1n) is 4.95. The summed E-state index contributed by atoms with van der Waals surface area (Å²) in [4.78, 5) is 12.9. The third kappa shape index (κ3) is 1.35. The maximum atomic E-state index is 5.57. The van der Waals surface area contributed by atoms with Crippen LogP contribution in [0.5, 0.6) is 0 Å². The van der Waals surface area contributed by atoms with E-state index < -0.39 is 0 Å². The number of hydrogen-bond donors (Lipinski definition) is 2. The Balaban J connectivity index is 2.19. The molecule has 0 spiro atoms. The van der Waals surface area contributed by atoms with Gasteiger partial charge in [0.2, 0.25) is 0 Å². The number of imidazole rings is 2. The predicted octanol–water partition coefficient (Wildman–Crippen LogP) is 1.55. The van der Waals surface area contributed by atoms with Gasteiger partial charge in [-0.05, 0) is 6.92 Å². The Morgan fingerprint density at radius 1 is 1.56 bits per heavy atom. The van der Waals surface area contributed by atoms with E-state index in [1.807, 2.05) is 29.1 Å². The lowest BCUT2D eigenvalue weighted by Gasteiger charge is -1.93. The molecule has 5 nitrogen and oxygen atoms in total. The summed E-state index contributed by atoms with van der Waals surface area (Å²) in [6.07, 6.45) is 3.78. The van der Waals surface area contributed by atoms with Gasteiger partial charge in [0, 0.05) is 30.0 Å². The molecule has 3 heterocycles. The van der Waals surface area contributed by atoms with E-state index in [4.69, 9.17) is 5.73 Å². The zero-order chi connectivity index (χ0) is 11.1. The second kappa shape index (κ2) is 3.43. The molecule has 0 aliphatic heterocycles. The van der Waals surface area contributed by atoms with Gasteiger partial charge in [-0.3, -0.25) is 4.40 Å². The van der Waals surface area contributed by atoms with Crippen molar-refractivity contribution < 1.29 is 0 Å². The third-order valence-electron chi connectivity index (χ3n) is 2.41. The molecule has 0 bridgehead atoms. The van der Waals surface area contributed by atoms with Gasteiger partial charge in [0.25, 0.3) is 0 Å². The van der Waals surface area contributed by atoms with Gasteiger partial charge in [-0.25, -0.2) is 9.97 Å². The Bertz CT molecular complexity index is 633. The molecule has 0 unspecified atom stereocenters. The highest BCUT2D eigenvalue weighted by Crippen LogP contribution is 2.24. The molecule has 3 aromatic rings. The van der Waals surface area contributed by atoms with Gasteiger partial charge in [0.05, 0.1) is 5.69 Å². The van der Waals surface area contributed by atoms with E-state index in [1.54, 1.807) is 11.3 Å². The lowest BCUT2D eigenvalue weighted by atomic mass is 10.4. The summed E-state index contributed by atoms with van der Waals surface area (Å²) in [5, 5.41) is 2.04. The second-order valence-electron chi connectivity index (χ2n) is 3.62. The number of aromatic nitrogens is 4. The first-order chi connectivity index (χ1) is 7.78. The fourth-order valence-electron chi connectivity index (χ4n) is 1.64. The zero-order valence-electron chi connectivity index (χ0n) is 8.77. The lowest BCUT2D eigenvalue weighted by Crippen LogP contribution is -1.95. The molecular weight excluding hydrogens is 222 g/mol. The molecular formula is C10H11N5S. The highest BCUT2D eigenvalue weighted by Gasteiger charge is 2.10. The van der Waals surface area contributed by atoms with Gasteiger partial charge in [-0.2, -0.15) is 0 Å². The molecule has 16 heavy (non-hydrogen) atoms. The molecule has 0 aromatic carbocycles. The molecule has 3 rings (SSSR count). The van der Waals surface area contributed by atoms with Crippen molar-refractivity contribution in [2.75, 3.05) is 0 Å². The Labute approximate surface area is 96.0 Å². The minimum Gasteiger partial charge on any atom is -0.341 e. The minimum absolute atomic E-state index is 0.463. The summed E-state index contributed by atoms with van der Waals surface area (Å²) in [5.41, 5.74) is 8.55. The molecule has 0 saturated carbocycles. The Morgan fingerprint density at radius 2 is 2.44 bits per heavy atom. The number of nitrogens with two attached hydrogens (primary N) is 1. The molecule has 0 amide bonds. The van der Waals surface area contributed by atoms with E-state index >= 15 is 0 Å². The predicted molar refractivity (Wildman–Crippen MR) is 63.3 cm³/mol. The van der Waals surface area contributed by atoms with Crippen LogP contribution in [0.4, 0.5) is 0 Å². The standard InChI is InChI=1S/C10H11N5S/c1-6-3-12-9(13-6)8-5-16-10-14-7(2-11)4-15(8)10/h3-5H,2,11H2,1H3,(H,12,13). The number of aryl methyl sites for hydroxylation is 1. The number of hydrogen-bond acceptors (Lipinski definition) is 4. The maximum Gasteiger partial charge on any atom is 0.194 e. The third-order valence-corrected chi connectivity index (χ3v) is 3.25. The number of thiazole rings is 1. The topological polar surface area (TPSA) is 72.0 Å². The molecule has 0 atom stereocenters. The molecule has 0 radical (unpaired) electrons. The average Bonchev–Trinajstić information content (AvgIpc) is 2.91. The number of aromatic amines is 1. The van der Waals surface area contributed by atoms with Crippen LogP contribution in [0.3, 0.4) is 0 Å². The van der Waals surface area contributed by atoms with Crippen molar-refractivity contribution >= 4 is 16.3 Å². The van der Waals surface area contributed by atoms with Crippen LogP contribution in [-0.2, 0) is 6.54 Å². The first-order valence-corrected chi connectivity index (χ1v) is 5.83. The van der Waals surface area contributed by atoms with Crippen molar-refractivity contribution in [3.05, 3.63) is 29.2 Å². The Morgan fingerprint density at radius 3 is 3.12 bits per heavy atom. The molecule has 0 fully saturated rings. The van der Waals surface area contributed by atoms with Crippen molar-refractivity contribution in [3.8, 4) is 11.5 Å². The lowest BCUT2D eigenvalue weighted by molar-refractivity contribution is 1.01. The zero-order valence-corrected chi connectivity index (χ0v) is 9.58. The van der Waals surface area contributed by atoms with Crippen LogP contribution in [0.1, 0.15) is 11.4 Å². The van der Waals surface area contributed by atoms with Gasteiger partial charge in [0.1, 0.15) is 5.69 Å². The minimum atomic E-state index is 0.463. The van der Waals surface area contributed by atoms with E-state index in [9.17, 15) is 0 Å². The number of nitrogens with one attached hydrogen (secondary N) is 1. The summed E-state index contributed by atoms with van der Waals surface area (Å²) < 4.78 is 2.02. The quantitative estimate of drug-likeness (QED) is 0.705. The highest BCUT2D eigenvalue weighted by atomic mass is 32.1. The van der Waals surface area contributed by atoms with Crippen LogP contribution in [0.15, 0.2) is 17.8 Å². The smallest absolute Gasteiger partial charge is 0.194 e. The first kappa shape index (κ1) is 9.56. The fraction of sp³-hybridized carbons (Fsp3) is 0.200. The van der Waals surface area contributed by atoms with Crippen LogP contribution >= 0.6 is 11.3 Å². The highest BCUT2D eigenvalue weighted by molar-refractivity contribution is 7.15. The number of rotatable bonds is 2. The normalized spacial score (nSPS) is 11.4. The number of fused-ring (bicyclic) bond motifs is 1. The van der Waals surface area contributed by atoms with Crippen molar-refractivity contribution in [1.82, 2.24) is 19.4 Å². The SMILES string of the molecule is Cc1cnc(-c2csc3nc(CN)cn23)[nH]1. The summed E-state index contributed by atoms with van der Waals surface area (Å²) in [7, 11) is 0. The van der Waals surface area contributed by atoms with E-state index in [0.29, 0.717) is 6.54 Å². The summed E-state index contributed by atoms with van der Waals surface area (Å²) >= 11 is 1.59. The number of H-pyrrole nitrogens is 1. The van der Waals surface area contributed by atoms with Gasteiger partial charge >= 0.3 is 0 Å². The molecule has 3 N–H and O–H groups in total. The van der Waals surface area contributed by atoms with Crippen molar-refractivity contribution in [3.63, 3.8) is 0 Å². The molecule has 0 aliphatic rings. The molecule has 6 heteroatoms. The van der Waals surface area contributed by atoms with Crippen LogP contribution in [0.2, 0.25) is 0 Å². The van der Waals surface area contributed by atoms with Crippen molar-refractivity contribution in [2.45, 2.75) is 13.5 Å².